The summed E-state index contributed by atoms with van der Waals surface area (Å²) < 4.78 is 6.72. The Bertz CT molecular complexity index is 514. The fourth-order valence-electron chi connectivity index (χ4n) is 2.53. The SMILES string of the molecule is Brc1ccc2occ(CN3CCCCC3)c2c1. The van der Waals surface area contributed by atoms with E-state index in [4.69, 9.17) is 4.42 Å². The van der Waals surface area contributed by atoms with Crippen molar-refractivity contribution < 1.29 is 4.42 Å². The zero-order valence-electron chi connectivity index (χ0n) is 9.79. The van der Waals surface area contributed by atoms with Gasteiger partial charge in [-0.15, -0.1) is 0 Å². The molecule has 17 heavy (non-hydrogen) atoms. The molecule has 0 unspecified atom stereocenters. The van der Waals surface area contributed by atoms with E-state index < -0.39 is 0 Å². The largest absolute Gasteiger partial charge is 0.464 e. The van der Waals surface area contributed by atoms with Gasteiger partial charge in [-0.25, -0.2) is 0 Å². The van der Waals surface area contributed by atoms with Gasteiger partial charge < -0.3 is 4.42 Å². The van der Waals surface area contributed by atoms with Crippen LogP contribution in [-0.4, -0.2) is 18.0 Å². The van der Waals surface area contributed by atoms with Crippen molar-refractivity contribution in [2.45, 2.75) is 25.8 Å². The van der Waals surface area contributed by atoms with Crippen LogP contribution in [-0.2, 0) is 6.54 Å². The number of benzene rings is 1. The maximum atomic E-state index is 5.60. The maximum Gasteiger partial charge on any atom is 0.134 e. The summed E-state index contributed by atoms with van der Waals surface area (Å²) in [5.41, 5.74) is 2.29. The van der Waals surface area contributed by atoms with Crippen LogP contribution in [0.25, 0.3) is 11.0 Å². The molecule has 0 bridgehead atoms. The molecule has 1 fully saturated rings. The summed E-state index contributed by atoms with van der Waals surface area (Å²) in [7, 11) is 0. The Morgan fingerprint density at radius 1 is 1.18 bits per heavy atom. The number of piperidine rings is 1. The lowest BCUT2D eigenvalue weighted by Gasteiger charge is -2.25. The minimum Gasteiger partial charge on any atom is -0.464 e. The van der Waals surface area contributed by atoms with E-state index >= 15 is 0 Å². The second-order valence-electron chi connectivity index (χ2n) is 4.74. The predicted octanol–water partition coefficient (Wildman–Crippen LogP) is 4.18. The minimum atomic E-state index is 0.986. The van der Waals surface area contributed by atoms with Crippen molar-refractivity contribution in [2.75, 3.05) is 13.1 Å². The zero-order valence-corrected chi connectivity index (χ0v) is 11.4. The molecule has 0 N–H and O–H groups in total. The molecular weight excluding hydrogens is 278 g/mol. The molecule has 2 heterocycles. The second kappa shape index (κ2) is 4.83. The van der Waals surface area contributed by atoms with E-state index in [1.54, 1.807) is 0 Å². The molecule has 3 heteroatoms. The Labute approximate surface area is 110 Å². The van der Waals surface area contributed by atoms with Crippen LogP contribution in [0.3, 0.4) is 0 Å². The summed E-state index contributed by atoms with van der Waals surface area (Å²) in [5.74, 6) is 0. The highest BCUT2D eigenvalue weighted by atomic mass is 79.9. The first-order valence-electron chi connectivity index (χ1n) is 6.21. The number of hydrogen-bond donors (Lipinski definition) is 0. The Kier molecular flexibility index (Phi) is 3.21. The van der Waals surface area contributed by atoms with Gasteiger partial charge in [0, 0.05) is 22.0 Å². The molecule has 1 saturated heterocycles. The quantitative estimate of drug-likeness (QED) is 0.826. The first kappa shape index (κ1) is 11.3. The molecule has 0 atom stereocenters. The van der Waals surface area contributed by atoms with Gasteiger partial charge in [0.1, 0.15) is 5.58 Å². The Hall–Kier alpha value is -0.800. The van der Waals surface area contributed by atoms with E-state index in [2.05, 4.69) is 26.9 Å². The van der Waals surface area contributed by atoms with Gasteiger partial charge in [-0.05, 0) is 44.1 Å². The van der Waals surface area contributed by atoms with Crippen molar-refractivity contribution in [1.29, 1.82) is 0 Å². The lowest BCUT2D eigenvalue weighted by molar-refractivity contribution is 0.221. The number of nitrogens with zero attached hydrogens (tertiary/aromatic N) is 1. The molecule has 0 saturated carbocycles. The number of likely N-dealkylation sites (tertiary alicyclic amines) is 1. The summed E-state index contributed by atoms with van der Waals surface area (Å²) in [6, 6.07) is 6.20. The number of furan rings is 1. The number of hydrogen-bond acceptors (Lipinski definition) is 2. The smallest absolute Gasteiger partial charge is 0.134 e. The highest BCUT2D eigenvalue weighted by molar-refractivity contribution is 9.10. The number of rotatable bonds is 2. The van der Waals surface area contributed by atoms with E-state index in [1.807, 2.05) is 18.4 Å². The average molecular weight is 294 g/mol. The normalized spacial score (nSPS) is 17.7. The van der Waals surface area contributed by atoms with E-state index in [9.17, 15) is 0 Å². The van der Waals surface area contributed by atoms with Gasteiger partial charge in [-0.1, -0.05) is 22.4 Å². The molecule has 90 valence electrons. The van der Waals surface area contributed by atoms with Crippen LogP contribution in [0.5, 0.6) is 0 Å². The van der Waals surface area contributed by atoms with Gasteiger partial charge in [0.05, 0.1) is 6.26 Å². The van der Waals surface area contributed by atoms with E-state index in [0.29, 0.717) is 0 Å². The van der Waals surface area contributed by atoms with Gasteiger partial charge in [-0.3, -0.25) is 4.90 Å². The van der Waals surface area contributed by atoms with Crippen LogP contribution in [0.1, 0.15) is 24.8 Å². The molecule has 1 aromatic carbocycles. The summed E-state index contributed by atoms with van der Waals surface area (Å²) >= 11 is 3.52. The van der Waals surface area contributed by atoms with Crippen LogP contribution < -0.4 is 0 Å². The van der Waals surface area contributed by atoms with Crippen LogP contribution in [0.15, 0.2) is 33.4 Å². The third-order valence-corrected chi connectivity index (χ3v) is 3.95. The van der Waals surface area contributed by atoms with E-state index in [1.165, 1.54) is 43.3 Å². The zero-order chi connectivity index (χ0) is 11.7. The van der Waals surface area contributed by atoms with Gasteiger partial charge in [0.15, 0.2) is 0 Å². The molecule has 0 spiro atoms. The summed E-state index contributed by atoms with van der Waals surface area (Å²) in [4.78, 5) is 2.52. The number of halogens is 1. The minimum absolute atomic E-state index is 0.986. The fraction of sp³-hybridized carbons (Fsp3) is 0.429. The highest BCUT2D eigenvalue weighted by Crippen LogP contribution is 2.26. The molecule has 0 aliphatic carbocycles. The molecular formula is C14H16BrNO. The maximum absolute atomic E-state index is 5.60. The third kappa shape index (κ3) is 2.40. The molecule has 2 nitrogen and oxygen atoms in total. The van der Waals surface area contributed by atoms with Crippen molar-refractivity contribution in [2.24, 2.45) is 0 Å². The fourth-order valence-corrected chi connectivity index (χ4v) is 2.90. The van der Waals surface area contributed by atoms with E-state index in [-0.39, 0.29) is 0 Å². The van der Waals surface area contributed by atoms with Crippen molar-refractivity contribution in [3.8, 4) is 0 Å². The predicted molar refractivity (Wildman–Crippen MR) is 73.0 cm³/mol. The van der Waals surface area contributed by atoms with Crippen LogP contribution >= 0.6 is 15.9 Å². The molecule has 2 aromatic rings. The molecule has 1 aliphatic rings. The standard InChI is InChI=1S/C14H16BrNO/c15-12-4-5-14-13(8-12)11(10-17-14)9-16-6-2-1-3-7-16/h4-5,8,10H,1-3,6-7,9H2. The van der Waals surface area contributed by atoms with Crippen molar-refractivity contribution in [3.05, 3.63) is 34.5 Å². The van der Waals surface area contributed by atoms with Crippen molar-refractivity contribution >= 4 is 26.9 Å². The van der Waals surface area contributed by atoms with Gasteiger partial charge in [0.2, 0.25) is 0 Å². The Balaban J connectivity index is 1.86. The summed E-state index contributed by atoms with van der Waals surface area (Å²) in [6.45, 7) is 3.46. The van der Waals surface area contributed by atoms with E-state index in [0.717, 1.165) is 16.6 Å². The molecule has 3 rings (SSSR count). The van der Waals surface area contributed by atoms with Crippen LogP contribution in [0, 0.1) is 0 Å². The lowest BCUT2D eigenvalue weighted by Crippen LogP contribution is -2.28. The van der Waals surface area contributed by atoms with Crippen molar-refractivity contribution in [1.82, 2.24) is 4.90 Å². The second-order valence-corrected chi connectivity index (χ2v) is 5.65. The Morgan fingerprint density at radius 3 is 2.82 bits per heavy atom. The third-order valence-electron chi connectivity index (χ3n) is 3.46. The average Bonchev–Trinajstić information content (AvgIpc) is 2.73. The summed E-state index contributed by atoms with van der Waals surface area (Å²) in [6.07, 6.45) is 5.96. The summed E-state index contributed by atoms with van der Waals surface area (Å²) in [5, 5.41) is 1.24. The molecule has 1 aliphatic heterocycles. The highest BCUT2D eigenvalue weighted by Gasteiger charge is 2.13. The van der Waals surface area contributed by atoms with Gasteiger partial charge >= 0.3 is 0 Å². The van der Waals surface area contributed by atoms with Gasteiger partial charge in [0.25, 0.3) is 0 Å². The van der Waals surface area contributed by atoms with Crippen LogP contribution in [0.4, 0.5) is 0 Å². The van der Waals surface area contributed by atoms with Gasteiger partial charge in [-0.2, -0.15) is 0 Å². The first-order valence-corrected chi connectivity index (χ1v) is 7.00. The number of fused-ring (bicyclic) bond motifs is 1. The molecule has 0 amide bonds. The van der Waals surface area contributed by atoms with Crippen molar-refractivity contribution in [3.63, 3.8) is 0 Å². The van der Waals surface area contributed by atoms with Crippen LogP contribution in [0.2, 0.25) is 0 Å². The lowest BCUT2D eigenvalue weighted by atomic mass is 10.1. The first-order chi connectivity index (χ1) is 8.33. The topological polar surface area (TPSA) is 16.4 Å². The molecule has 1 aromatic heterocycles. The molecule has 0 radical (unpaired) electrons. The monoisotopic (exact) mass is 293 g/mol. The Morgan fingerprint density at radius 2 is 2.00 bits per heavy atom.